The van der Waals surface area contributed by atoms with Crippen molar-refractivity contribution in [3.63, 3.8) is 0 Å². The lowest BCUT2D eigenvalue weighted by molar-refractivity contribution is 1.18. The van der Waals surface area contributed by atoms with Gasteiger partial charge in [-0.25, -0.2) is 0 Å². The van der Waals surface area contributed by atoms with Gasteiger partial charge >= 0.3 is 0 Å². The van der Waals surface area contributed by atoms with Crippen LogP contribution in [0.5, 0.6) is 0 Å². The molecule has 2 heterocycles. The summed E-state index contributed by atoms with van der Waals surface area (Å²) in [7, 11) is 0. The Bertz CT molecular complexity index is 1100. The average molecular weight is 351 g/mol. The lowest BCUT2D eigenvalue weighted by atomic mass is 10.2. The molecule has 2 aromatic heterocycles. The molecule has 0 aliphatic carbocycles. The van der Waals surface area contributed by atoms with Crippen molar-refractivity contribution in [1.82, 2.24) is 4.57 Å². The van der Waals surface area contributed by atoms with Crippen molar-refractivity contribution in [3.05, 3.63) is 101 Å². The van der Waals surface area contributed by atoms with Crippen LogP contribution in [-0.2, 0) is 0 Å². The summed E-state index contributed by atoms with van der Waals surface area (Å²) in [5, 5.41) is 6.63. The highest BCUT2D eigenvalue weighted by molar-refractivity contribution is 7.07. The van der Waals surface area contributed by atoms with E-state index < -0.39 is 0 Å². The number of thiophene rings is 1. The monoisotopic (exact) mass is 351 g/mol. The van der Waals surface area contributed by atoms with E-state index >= 15 is 0 Å². The molecule has 0 aliphatic heterocycles. The molecule has 0 bridgehead atoms. The summed E-state index contributed by atoms with van der Waals surface area (Å²) < 4.78 is 2.28. The van der Waals surface area contributed by atoms with Crippen molar-refractivity contribution >= 4 is 33.1 Å². The lowest BCUT2D eigenvalue weighted by Gasteiger charge is -2.07. The molecule has 0 saturated carbocycles. The number of benzene rings is 3. The molecule has 0 spiro atoms. The summed E-state index contributed by atoms with van der Waals surface area (Å²) in [6.07, 6.45) is 5.44. The number of hydrogen-bond donors (Lipinski definition) is 0. The van der Waals surface area contributed by atoms with Crippen LogP contribution >= 0.6 is 11.3 Å². The quantitative estimate of drug-likeness (QED) is 0.303. The normalized spacial score (nSPS) is 10.3. The van der Waals surface area contributed by atoms with E-state index in [9.17, 15) is 0 Å². The Labute approximate surface area is 157 Å². The minimum absolute atomic E-state index is 0.902. The maximum absolute atomic E-state index is 5.44. The molecule has 0 radical (unpaired) electrons. The minimum Gasteiger partial charge on any atom is -0.309 e. The number of aromatic nitrogens is 1. The van der Waals surface area contributed by atoms with Crippen LogP contribution in [0.4, 0.5) is 0 Å². The zero-order chi connectivity index (χ0) is 17.8. The van der Waals surface area contributed by atoms with Crippen molar-refractivity contribution in [3.8, 4) is 18.0 Å². The van der Waals surface area contributed by atoms with Crippen LogP contribution in [0.2, 0.25) is 0 Å². The zero-order valence-corrected chi connectivity index (χ0v) is 15.0. The molecular weight excluding hydrogens is 334 g/mol. The largest absolute Gasteiger partial charge is 0.309 e. The molecule has 2 heteroatoms. The topological polar surface area (TPSA) is 4.93 Å². The number of fused-ring (bicyclic) bond motifs is 3. The summed E-state index contributed by atoms with van der Waals surface area (Å²) >= 11 is 1.71. The fraction of sp³-hybridized carbons (Fsp3) is 0. The Kier molecular flexibility index (Phi) is 4.55. The Morgan fingerprint density at radius 1 is 0.654 bits per heavy atom. The highest BCUT2D eigenvalue weighted by Crippen LogP contribution is 2.31. The molecular formula is C24H17NS. The fourth-order valence-electron chi connectivity index (χ4n) is 3.13. The van der Waals surface area contributed by atoms with E-state index in [-0.39, 0.29) is 0 Å². The summed E-state index contributed by atoms with van der Waals surface area (Å²) in [5.41, 5.74) is 4.46. The van der Waals surface area contributed by atoms with E-state index in [1.807, 2.05) is 35.0 Å². The van der Waals surface area contributed by atoms with Crippen molar-refractivity contribution in [1.29, 1.82) is 0 Å². The second kappa shape index (κ2) is 7.31. The van der Waals surface area contributed by atoms with Crippen LogP contribution in [0.25, 0.3) is 27.5 Å². The van der Waals surface area contributed by atoms with Crippen LogP contribution in [0, 0.1) is 12.3 Å². The van der Waals surface area contributed by atoms with Crippen molar-refractivity contribution in [2.45, 2.75) is 0 Å². The fourth-order valence-corrected chi connectivity index (χ4v) is 3.59. The molecule has 26 heavy (non-hydrogen) atoms. The van der Waals surface area contributed by atoms with E-state index in [1.54, 1.807) is 11.3 Å². The van der Waals surface area contributed by atoms with Crippen molar-refractivity contribution < 1.29 is 0 Å². The van der Waals surface area contributed by atoms with Crippen molar-refractivity contribution in [2.75, 3.05) is 0 Å². The molecule has 0 unspecified atom stereocenters. The molecule has 0 aliphatic rings. The Balaban J connectivity index is 0.000000292. The number of para-hydroxylation sites is 2. The van der Waals surface area contributed by atoms with Gasteiger partial charge in [0.2, 0.25) is 0 Å². The average Bonchev–Trinajstić information content (AvgIpc) is 3.38. The van der Waals surface area contributed by atoms with Crippen LogP contribution in [0.15, 0.2) is 95.7 Å². The van der Waals surface area contributed by atoms with E-state index in [4.69, 9.17) is 6.42 Å². The van der Waals surface area contributed by atoms with Gasteiger partial charge in [0.05, 0.1) is 11.0 Å². The molecule has 5 aromatic rings. The Hall–Kier alpha value is -3.28. The first-order chi connectivity index (χ1) is 12.9. The highest BCUT2D eigenvalue weighted by Gasteiger charge is 2.10. The number of rotatable bonds is 1. The summed E-state index contributed by atoms with van der Waals surface area (Å²) in [6.45, 7) is 0. The lowest BCUT2D eigenvalue weighted by Crippen LogP contribution is -1.93. The summed E-state index contributed by atoms with van der Waals surface area (Å²) in [4.78, 5) is 0. The predicted octanol–water partition coefficient (Wildman–Crippen LogP) is 6.51. The summed E-state index contributed by atoms with van der Waals surface area (Å²) in [5.74, 6) is 2.66. The highest BCUT2D eigenvalue weighted by atomic mass is 32.1. The van der Waals surface area contributed by atoms with Gasteiger partial charge in [-0.15, -0.1) is 6.42 Å². The van der Waals surface area contributed by atoms with E-state index in [1.165, 1.54) is 21.8 Å². The van der Waals surface area contributed by atoms with Gasteiger partial charge in [-0.05, 0) is 47.2 Å². The third-order valence-corrected chi connectivity index (χ3v) is 4.93. The molecule has 0 saturated heterocycles. The SMILES string of the molecule is C#Cc1ccc(-n2c3ccccc3c3ccccc32)cc1.c1ccsc1. The zero-order valence-electron chi connectivity index (χ0n) is 14.2. The van der Waals surface area contributed by atoms with Crippen LogP contribution < -0.4 is 0 Å². The molecule has 0 fully saturated rings. The van der Waals surface area contributed by atoms with Gasteiger partial charge in [0.25, 0.3) is 0 Å². The molecule has 5 rings (SSSR count). The van der Waals surface area contributed by atoms with Gasteiger partial charge in [0.15, 0.2) is 0 Å². The minimum atomic E-state index is 0.902. The third-order valence-electron chi connectivity index (χ3n) is 4.30. The van der Waals surface area contributed by atoms with E-state index in [0.717, 1.165) is 11.3 Å². The molecule has 124 valence electrons. The third kappa shape index (κ3) is 3.01. The summed E-state index contributed by atoms with van der Waals surface area (Å²) in [6, 6.07) is 29.1. The van der Waals surface area contributed by atoms with E-state index in [2.05, 4.69) is 71.2 Å². The number of nitrogens with zero attached hydrogens (tertiary/aromatic N) is 1. The number of hydrogen-bond acceptors (Lipinski definition) is 1. The first kappa shape index (κ1) is 16.2. The molecule has 0 atom stereocenters. The van der Waals surface area contributed by atoms with Gasteiger partial charge in [-0.1, -0.05) is 54.5 Å². The van der Waals surface area contributed by atoms with Gasteiger partial charge in [-0.2, -0.15) is 11.3 Å². The molecule has 1 nitrogen and oxygen atoms in total. The molecule has 0 N–H and O–H groups in total. The number of terminal acetylenes is 1. The first-order valence-corrected chi connectivity index (χ1v) is 9.35. The van der Waals surface area contributed by atoms with Gasteiger partial charge in [0, 0.05) is 22.0 Å². The van der Waals surface area contributed by atoms with E-state index in [0.29, 0.717) is 0 Å². The van der Waals surface area contributed by atoms with Crippen molar-refractivity contribution in [2.24, 2.45) is 0 Å². The molecule has 3 aromatic carbocycles. The Morgan fingerprint density at radius 2 is 1.19 bits per heavy atom. The first-order valence-electron chi connectivity index (χ1n) is 8.41. The van der Waals surface area contributed by atoms with Crippen LogP contribution in [-0.4, -0.2) is 4.57 Å². The molecule has 0 amide bonds. The standard InChI is InChI=1S/C20H13N.C4H4S/c1-2-15-11-13-16(14-12-15)21-19-9-5-3-7-17(19)18-8-4-6-10-20(18)21;1-2-4-5-3-1/h1,3-14H;1-4H. The van der Waals surface area contributed by atoms with Gasteiger partial charge < -0.3 is 4.57 Å². The Morgan fingerprint density at radius 3 is 1.65 bits per heavy atom. The van der Waals surface area contributed by atoms with Gasteiger partial charge in [-0.3, -0.25) is 0 Å². The van der Waals surface area contributed by atoms with Crippen LogP contribution in [0.1, 0.15) is 5.56 Å². The second-order valence-electron chi connectivity index (χ2n) is 5.85. The van der Waals surface area contributed by atoms with Crippen LogP contribution in [0.3, 0.4) is 0 Å². The smallest absolute Gasteiger partial charge is 0.0541 e. The second-order valence-corrected chi connectivity index (χ2v) is 6.67. The maximum atomic E-state index is 5.44. The maximum Gasteiger partial charge on any atom is 0.0541 e. The predicted molar refractivity (Wildman–Crippen MR) is 113 cm³/mol. The van der Waals surface area contributed by atoms with Gasteiger partial charge in [0.1, 0.15) is 0 Å².